The average molecular weight is 316 g/mol. The van der Waals surface area contributed by atoms with Crippen molar-refractivity contribution in [2.24, 2.45) is 0 Å². The van der Waals surface area contributed by atoms with Crippen LogP contribution in [0, 0.1) is 0 Å². The van der Waals surface area contributed by atoms with Crippen LogP contribution in [0.2, 0.25) is 0 Å². The molecule has 1 aromatic heterocycles. The van der Waals surface area contributed by atoms with Gasteiger partial charge in [0.2, 0.25) is 0 Å². The van der Waals surface area contributed by atoms with Gasteiger partial charge in [0, 0.05) is 28.6 Å². The Balaban J connectivity index is 2.34. The maximum Gasteiger partial charge on any atom is 0.161 e. The zero-order valence-electron chi connectivity index (χ0n) is 12.8. The Kier molecular flexibility index (Phi) is 6.11. The first-order valence-corrected chi connectivity index (χ1v) is 9.38. The van der Waals surface area contributed by atoms with Crippen LogP contribution in [0.3, 0.4) is 0 Å². The number of thioether (sulfide) groups is 2. The smallest absolute Gasteiger partial charge is 0.161 e. The number of hydrogen-bond acceptors (Lipinski definition) is 5. The Labute approximate surface area is 130 Å². The maximum absolute atomic E-state index is 5.54. The van der Waals surface area contributed by atoms with Crippen molar-refractivity contribution in [1.29, 1.82) is 0 Å². The van der Waals surface area contributed by atoms with Crippen molar-refractivity contribution in [1.82, 2.24) is 15.1 Å². The number of nitrogens with zero attached hydrogens (tertiary/aromatic N) is 2. The molecule has 1 aliphatic rings. The molecule has 1 aromatic rings. The van der Waals surface area contributed by atoms with Crippen LogP contribution in [0.5, 0.6) is 5.75 Å². The number of ether oxygens (including phenoxy) is 1. The van der Waals surface area contributed by atoms with Gasteiger partial charge < -0.3 is 10.1 Å². The molecule has 0 radical (unpaired) electrons. The van der Waals surface area contributed by atoms with Gasteiger partial charge in [0.1, 0.15) is 0 Å². The predicted octanol–water partition coefficient (Wildman–Crippen LogP) is 2.80. The number of aromatic nitrogens is 2. The standard InChI is InChI=1S/C14H25N3OS2/c1-5-15-12(14-10(3)19-7-8-20-14)13-11(18-4)9-16-17(13)6-2/h9-10,12,14-15H,5-8H2,1-4H3. The van der Waals surface area contributed by atoms with Crippen LogP contribution < -0.4 is 10.1 Å². The van der Waals surface area contributed by atoms with E-state index in [4.69, 9.17) is 4.74 Å². The summed E-state index contributed by atoms with van der Waals surface area (Å²) in [6.07, 6.45) is 1.84. The molecular weight excluding hydrogens is 290 g/mol. The minimum atomic E-state index is 0.296. The largest absolute Gasteiger partial charge is 0.493 e. The molecule has 0 aromatic carbocycles. The van der Waals surface area contributed by atoms with Crippen LogP contribution in [-0.2, 0) is 6.54 Å². The van der Waals surface area contributed by atoms with Gasteiger partial charge in [-0.3, -0.25) is 4.68 Å². The summed E-state index contributed by atoms with van der Waals surface area (Å²) in [5, 5.41) is 9.32. The lowest BCUT2D eigenvalue weighted by Crippen LogP contribution is -2.39. The van der Waals surface area contributed by atoms with Gasteiger partial charge in [-0.1, -0.05) is 13.8 Å². The van der Waals surface area contributed by atoms with Crippen molar-refractivity contribution < 1.29 is 4.74 Å². The van der Waals surface area contributed by atoms with Gasteiger partial charge >= 0.3 is 0 Å². The first-order chi connectivity index (χ1) is 9.72. The summed E-state index contributed by atoms with van der Waals surface area (Å²) in [5.41, 5.74) is 1.20. The number of nitrogens with one attached hydrogen (secondary N) is 1. The van der Waals surface area contributed by atoms with Crippen LogP contribution in [0.25, 0.3) is 0 Å². The quantitative estimate of drug-likeness (QED) is 0.874. The molecular formula is C14H25N3OS2. The molecule has 1 aliphatic heterocycles. The summed E-state index contributed by atoms with van der Waals surface area (Å²) in [6, 6.07) is 0.296. The topological polar surface area (TPSA) is 39.1 Å². The second-order valence-corrected chi connectivity index (χ2v) is 7.63. The highest BCUT2D eigenvalue weighted by atomic mass is 32.2. The Bertz CT molecular complexity index is 403. The highest BCUT2D eigenvalue weighted by Gasteiger charge is 2.34. The van der Waals surface area contributed by atoms with Crippen molar-refractivity contribution in [2.75, 3.05) is 25.2 Å². The fraction of sp³-hybridized carbons (Fsp3) is 0.786. The van der Waals surface area contributed by atoms with Crippen LogP contribution in [0.4, 0.5) is 0 Å². The van der Waals surface area contributed by atoms with Crippen molar-refractivity contribution in [3.63, 3.8) is 0 Å². The molecule has 2 rings (SSSR count). The lowest BCUT2D eigenvalue weighted by atomic mass is 10.1. The van der Waals surface area contributed by atoms with E-state index in [0.717, 1.165) is 18.8 Å². The fourth-order valence-electron chi connectivity index (χ4n) is 2.70. The third-order valence-electron chi connectivity index (χ3n) is 3.65. The van der Waals surface area contributed by atoms with Crippen molar-refractivity contribution in [3.05, 3.63) is 11.9 Å². The molecule has 0 bridgehead atoms. The maximum atomic E-state index is 5.54. The van der Waals surface area contributed by atoms with E-state index in [2.05, 4.69) is 59.4 Å². The summed E-state index contributed by atoms with van der Waals surface area (Å²) in [7, 11) is 1.73. The minimum Gasteiger partial charge on any atom is -0.493 e. The molecule has 1 saturated heterocycles. The Morgan fingerprint density at radius 1 is 1.45 bits per heavy atom. The van der Waals surface area contributed by atoms with E-state index in [9.17, 15) is 0 Å². The monoisotopic (exact) mass is 315 g/mol. The zero-order valence-corrected chi connectivity index (χ0v) is 14.4. The van der Waals surface area contributed by atoms with E-state index in [-0.39, 0.29) is 0 Å². The van der Waals surface area contributed by atoms with Crippen LogP contribution >= 0.6 is 23.5 Å². The third-order valence-corrected chi connectivity index (χ3v) is 6.84. The van der Waals surface area contributed by atoms with E-state index in [1.165, 1.54) is 17.2 Å². The molecule has 0 aliphatic carbocycles. The van der Waals surface area contributed by atoms with Gasteiger partial charge in [-0.25, -0.2) is 0 Å². The molecule has 114 valence electrons. The van der Waals surface area contributed by atoms with Gasteiger partial charge in [-0.2, -0.15) is 28.6 Å². The van der Waals surface area contributed by atoms with Crippen LogP contribution in [0.15, 0.2) is 6.20 Å². The zero-order chi connectivity index (χ0) is 14.5. The number of aryl methyl sites for hydroxylation is 1. The Morgan fingerprint density at radius 3 is 2.80 bits per heavy atom. The van der Waals surface area contributed by atoms with Crippen LogP contribution in [-0.4, -0.2) is 45.4 Å². The Morgan fingerprint density at radius 2 is 2.20 bits per heavy atom. The van der Waals surface area contributed by atoms with E-state index in [1.807, 2.05) is 6.20 Å². The van der Waals surface area contributed by atoms with Gasteiger partial charge in [0.05, 0.1) is 25.0 Å². The van der Waals surface area contributed by atoms with E-state index >= 15 is 0 Å². The first-order valence-electron chi connectivity index (χ1n) is 7.29. The fourth-order valence-corrected chi connectivity index (χ4v) is 5.63. The summed E-state index contributed by atoms with van der Waals surface area (Å²) >= 11 is 4.15. The second kappa shape index (κ2) is 7.61. The highest BCUT2D eigenvalue weighted by Crippen LogP contribution is 2.40. The molecule has 6 heteroatoms. The van der Waals surface area contributed by atoms with Crippen molar-refractivity contribution >= 4 is 23.5 Å². The normalized spacial score (nSPS) is 24.6. The lowest BCUT2D eigenvalue weighted by molar-refractivity contribution is 0.389. The van der Waals surface area contributed by atoms with Crippen LogP contribution in [0.1, 0.15) is 32.5 Å². The third kappa shape index (κ3) is 3.28. The van der Waals surface area contributed by atoms with Crippen molar-refractivity contribution in [3.8, 4) is 5.75 Å². The molecule has 4 nitrogen and oxygen atoms in total. The molecule has 1 N–H and O–H groups in total. The molecule has 0 amide bonds. The predicted molar refractivity (Wildman–Crippen MR) is 89.0 cm³/mol. The molecule has 1 fully saturated rings. The molecule has 0 spiro atoms. The van der Waals surface area contributed by atoms with Gasteiger partial charge in [0.15, 0.2) is 5.75 Å². The SMILES string of the molecule is CCNC(c1c(OC)cnn1CC)C1SCCSC1C. The summed E-state index contributed by atoms with van der Waals surface area (Å²) in [5.74, 6) is 3.39. The van der Waals surface area contributed by atoms with E-state index < -0.39 is 0 Å². The van der Waals surface area contributed by atoms with E-state index in [1.54, 1.807) is 7.11 Å². The summed E-state index contributed by atoms with van der Waals surface area (Å²) in [6.45, 7) is 8.46. The summed E-state index contributed by atoms with van der Waals surface area (Å²) in [4.78, 5) is 0. The van der Waals surface area contributed by atoms with Crippen molar-refractivity contribution in [2.45, 2.75) is 43.9 Å². The van der Waals surface area contributed by atoms with Gasteiger partial charge in [0.25, 0.3) is 0 Å². The van der Waals surface area contributed by atoms with Gasteiger partial charge in [-0.05, 0) is 13.5 Å². The Hall–Kier alpha value is -0.330. The lowest BCUT2D eigenvalue weighted by Gasteiger charge is -2.35. The minimum absolute atomic E-state index is 0.296. The average Bonchev–Trinajstić information content (AvgIpc) is 2.88. The molecule has 3 unspecified atom stereocenters. The van der Waals surface area contributed by atoms with E-state index in [0.29, 0.717) is 16.5 Å². The molecule has 20 heavy (non-hydrogen) atoms. The molecule has 3 atom stereocenters. The first kappa shape index (κ1) is 16.0. The summed E-state index contributed by atoms with van der Waals surface area (Å²) < 4.78 is 7.61. The number of rotatable bonds is 6. The highest BCUT2D eigenvalue weighted by molar-refractivity contribution is 8.07. The molecule has 0 saturated carbocycles. The number of hydrogen-bond donors (Lipinski definition) is 1. The second-order valence-electron chi connectivity index (χ2n) is 4.86. The van der Waals surface area contributed by atoms with Gasteiger partial charge in [-0.15, -0.1) is 0 Å². The number of methoxy groups -OCH3 is 1. The molecule has 2 heterocycles.